The number of sulfonamides is 1. The summed E-state index contributed by atoms with van der Waals surface area (Å²) < 4.78 is 30.9. The number of hydrazine groups is 1. The van der Waals surface area contributed by atoms with Gasteiger partial charge in [0, 0.05) is 6.07 Å². The topological polar surface area (TPSA) is 128 Å². The zero-order valence-corrected chi connectivity index (χ0v) is 14.8. The summed E-state index contributed by atoms with van der Waals surface area (Å²) in [5, 5.41) is 3.94. The molecule has 0 amide bonds. The number of anilines is 1. The Kier molecular flexibility index (Phi) is 4.82. The van der Waals surface area contributed by atoms with Gasteiger partial charge in [-0.25, -0.2) is 18.2 Å². The molecule has 0 atom stereocenters. The summed E-state index contributed by atoms with van der Waals surface area (Å²) in [6, 6.07) is 7.67. The number of aryl methyl sites for hydroxylation is 1. The first-order chi connectivity index (χ1) is 12.4. The van der Waals surface area contributed by atoms with Gasteiger partial charge in [0.15, 0.2) is 5.69 Å². The van der Waals surface area contributed by atoms with Crippen molar-refractivity contribution in [2.24, 2.45) is 0 Å². The maximum Gasteiger partial charge on any atom is 0.357 e. The van der Waals surface area contributed by atoms with E-state index in [2.05, 4.69) is 25.3 Å². The first-order valence-corrected chi connectivity index (χ1v) is 9.11. The SMILES string of the molecule is CCOC(=O)c1cc(NNS(=O)(=O)c2ccc(C)cc2)n2ncnc2n1. The predicted molar refractivity (Wildman–Crippen MR) is 91.9 cm³/mol. The van der Waals surface area contributed by atoms with E-state index < -0.39 is 16.0 Å². The lowest BCUT2D eigenvalue weighted by atomic mass is 10.2. The monoisotopic (exact) mass is 376 g/mol. The lowest BCUT2D eigenvalue weighted by Crippen LogP contribution is -2.31. The molecule has 2 aromatic heterocycles. The van der Waals surface area contributed by atoms with Crippen LogP contribution in [0.4, 0.5) is 5.82 Å². The molecule has 0 saturated carbocycles. The van der Waals surface area contributed by atoms with Gasteiger partial charge in [0.25, 0.3) is 15.8 Å². The van der Waals surface area contributed by atoms with E-state index in [1.54, 1.807) is 19.1 Å². The van der Waals surface area contributed by atoms with Crippen molar-refractivity contribution < 1.29 is 17.9 Å². The van der Waals surface area contributed by atoms with E-state index in [0.717, 1.165) is 5.56 Å². The number of nitrogens with one attached hydrogen (secondary N) is 2. The Balaban J connectivity index is 1.89. The fourth-order valence-corrected chi connectivity index (χ4v) is 2.96. The molecule has 2 N–H and O–H groups in total. The molecule has 0 fully saturated rings. The van der Waals surface area contributed by atoms with Crippen molar-refractivity contribution in [3.63, 3.8) is 0 Å². The van der Waals surface area contributed by atoms with Crippen LogP contribution in [0, 0.1) is 6.92 Å². The van der Waals surface area contributed by atoms with E-state index in [1.807, 2.05) is 6.92 Å². The molecule has 0 radical (unpaired) electrons. The Morgan fingerprint density at radius 1 is 1.27 bits per heavy atom. The third-order valence-corrected chi connectivity index (χ3v) is 4.64. The average molecular weight is 376 g/mol. The van der Waals surface area contributed by atoms with E-state index in [1.165, 1.54) is 29.0 Å². The van der Waals surface area contributed by atoms with Gasteiger partial charge in [-0.2, -0.15) is 14.6 Å². The molecular formula is C15H16N6O4S. The summed E-state index contributed by atoms with van der Waals surface area (Å²) in [6.45, 7) is 3.71. The van der Waals surface area contributed by atoms with Gasteiger partial charge in [-0.3, -0.25) is 5.43 Å². The molecule has 136 valence electrons. The molecule has 0 aliphatic heterocycles. The van der Waals surface area contributed by atoms with Gasteiger partial charge in [0.1, 0.15) is 12.1 Å². The Hall–Kier alpha value is -3.05. The number of rotatable bonds is 6. The van der Waals surface area contributed by atoms with Crippen LogP contribution in [-0.4, -0.2) is 40.6 Å². The van der Waals surface area contributed by atoms with Gasteiger partial charge in [0.2, 0.25) is 0 Å². The predicted octanol–water partition coefficient (Wildman–Crippen LogP) is 0.915. The zero-order chi connectivity index (χ0) is 18.7. The van der Waals surface area contributed by atoms with Crippen LogP contribution in [0.2, 0.25) is 0 Å². The fraction of sp³-hybridized carbons (Fsp3) is 0.200. The van der Waals surface area contributed by atoms with Crippen LogP contribution in [0.5, 0.6) is 0 Å². The third kappa shape index (κ3) is 3.63. The van der Waals surface area contributed by atoms with Gasteiger partial charge in [0.05, 0.1) is 11.5 Å². The molecule has 2 heterocycles. The van der Waals surface area contributed by atoms with Crippen molar-refractivity contribution in [3.8, 4) is 0 Å². The standard InChI is InChI=1S/C15H16N6O4S/c1-3-25-14(22)12-8-13(21-15(18-12)16-9-17-21)19-20-26(23,24)11-6-4-10(2)5-7-11/h4-9,19-20H,3H2,1-2H3. The molecule has 0 saturated heterocycles. The lowest BCUT2D eigenvalue weighted by Gasteiger charge is -2.11. The minimum atomic E-state index is -3.83. The molecule has 3 rings (SSSR count). The Morgan fingerprint density at radius 2 is 2.00 bits per heavy atom. The number of carbonyl (C=O) groups excluding carboxylic acids is 1. The highest BCUT2D eigenvalue weighted by Crippen LogP contribution is 2.13. The van der Waals surface area contributed by atoms with Crippen molar-refractivity contribution in [3.05, 3.63) is 47.9 Å². The first kappa shape index (κ1) is 17.8. The first-order valence-electron chi connectivity index (χ1n) is 7.63. The van der Waals surface area contributed by atoms with Crippen molar-refractivity contribution >= 4 is 27.6 Å². The highest BCUT2D eigenvalue weighted by atomic mass is 32.2. The van der Waals surface area contributed by atoms with E-state index >= 15 is 0 Å². The van der Waals surface area contributed by atoms with Crippen LogP contribution in [0.3, 0.4) is 0 Å². The number of esters is 1. The van der Waals surface area contributed by atoms with Crippen LogP contribution < -0.4 is 10.3 Å². The second kappa shape index (κ2) is 7.06. The van der Waals surface area contributed by atoms with Gasteiger partial charge >= 0.3 is 5.97 Å². The molecule has 0 spiro atoms. The van der Waals surface area contributed by atoms with Crippen LogP contribution >= 0.6 is 0 Å². The summed E-state index contributed by atoms with van der Waals surface area (Å²) in [5.41, 5.74) is 3.45. The lowest BCUT2D eigenvalue weighted by molar-refractivity contribution is 0.0519. The van der Waals surface area contributed by atoms with E-state index in [0.29, 0.717) is 0 Å². The van der Waals surface area contributed by atoms with E-state index in [9.17, 15) is 13.2 Å². The summed E-state index contributed by atoms with van der Waals surface area (Å²) in [4.78, 5) is 22.2. The van der Waals surface area contributed by atoms with Gasteiger partial charge in [-0.05, 0) is 26.0 Å². The smallest absolute Gasteiger partial charge is 0.357 e. The van der Waals surface area contributed by atoms with E-state index in [-0.39, 0.29) is 28.8 Å². The molecule has 0 bridgehead atoms. The Bertz CT molecular complexity index is 1050. The number of aromatic nitrogens is 4. The molecule has 10 nitrogen and oxygen atoms in total. The van der Waals surface area contributed by atoms with Gasteiger partial charge in [-0.15, -0.1) is 4.83 Å². The van der Waals surface area contributed by atoms with Gasteiger partial charge in [-0.1, -0.05) is 17.7 Å². The maximum atomic E-state index is 12.4. The second-order valence-corrected chi connectivity index (χ2v) is 6.94. The summed E-state index contributed by atoms with van der Waals surface area (Å²) >= 11 is 0. The number of ether oxygens (including phenoxy) is 1. The third-order valence-electron chi connectivity index (χ3n) is 3.38. The Morgan fingerprint density at radius 3 is 2.69 bits per heavy atom. The minimum absolute atomic E-state index is 0.0237. The molecule has 26 heavy (non-hydrogen) atoms. The number of nitrogens with zero attached hydrogens (tertiary/aromatic N) is 4. The van der Waals surface area contributed by atoms with Crippen LogP contribution in [0.15, 0.2) is 41.6 Å². The van der Waals surface area contributed by atoms with Crippen molar-refractivity contribution in [2.45, 2.75) is 18.7 Å². The zero-order valence-electron chi connectivity index (χ0n) is 14.0. The quantitative estimate of drug-likeness (QED) is 0.480. The summed E-state index contributed by atoms with van der Waals surface area (Å²) in [5.74, 6) is -0.374. The molecule has 0 unspecified atom stereocenters. The van der Waals surface area contributed by atoms with Gasteiger partial charge < -0.3 is 4.74 Å². The number of carbonyl (C=O) groups is 1. The number of fused-ring (bicyclic) bond motifs is 1. The number of hydrogen-bond acceptors (Lipinski definition) is 8. The Labute approximate surface area is 149 Å². The normalized spacial score (nSPS) is 11.5. The summed E-state index contributed by atoms with van der Waals surface area (Å²) in [6.07, 6.45) is 1.23. The maximum absolute atomic E-state index is 12.4. The molecule has 11 heteroatoms. The number of hydrogen-bond donors (Lipinski definition) is 2. The van der Waals surface area contributed by atoms with Crippen LogP contribution in [-0.2, 0) is 14.8 Å². The average Bonchev–Trinajstić information content (AvgIpc) is 3.09. The van der Waals surface area contributed by atoms with Crippen LogP contribution in [0.1, 0.15) is 23.0 Å². The number of benzene rings is 1. The van der Waals surface area contributed by atoms with Crippen molar-refractivity contribution in [2.75, 3.05) is 12.0 Å². The van der Waals surface area contributed by atoms with Crippen molar-refractivity contribution in [1.82, 2.24) is 24.4 Å². The molecule has 0 aliphatic carbocycles. The van der Waals surface area contributed by atoms with E-state index in [4.69, 9.17) is 4.74 Å². The summed E-state index contributed by atoms with van der Waals surface area (Å²) in [7, 11) is -3.83. The highest BCUT2D eigenvalue weighted by Gasteiger charge is 2.17. The molecular weight excluding hydrogens is 360 g/mol. The molecule has 0 aliphatic rings. The minimum Gasteiger partial charge on any atom is -0.461 e. The largest absolute Gasteiger partial charge is 0.461 e. The van der Waals surface area contributed by atoms with Crippen LogP contribution in [0.25, 0.3) is 5.78 Å². The fourth-order valence-electron chi connectivity index (χ4n) is 2.11. The molecule has 1 aromatic carbocycles. The molecule has 3 aromatic rings. The highest BCUT2D eigenvalue weighted by molar-refractivity contribution is 7.89. The van der Waals surface area contributed by atoms with Crippen molar-refractivity contribution in [1.29, 1.82) is 0 Å². The second-order valence-electron chi connectivity index (χ2n) is 5.26.